The number of anilines is 1. The minimum atomic E-state index is -4.12. The number of nitrogens with zero attached hydrogens (tertiary/aromatic N) is 2. The topological polar surface area (TPSA) is 86.8 Å². The molecule has 41 heavy (non-hydrogen) atoms. The Hall–Kier alpha value is -3.36. The van der Waals surface area contributed by atoms with Crippen molar-refractivity contribution in [1.29, 1.82) is 0 Å². The van der Waals surface area contributed by atoms with E-state index in [1.807, 2.05) is 45.0 Å². The van der Waals surface area contributed by atoms with Crippen molar-refractivity contribution in [1.82, 2.24) is 10.2 Å². The van der Waals surface area contributed by atoms with Crippen LogP contribution in [0.4, 0.5) is 5.69 Å². The van der Waals surface area contributed by atoms with Crippen molar-refractivity contribution >= 4 is 39.1 Å². The lowest BCUT2D eigenvalue weighted by Crippen LogP contribution is -2.53. The molecule has 1 N–H and O–H groups in total. The van der Waals surface area contributed by atoms with Crippen LogP contribution in [0.15, 0.2) is 77.7 Å². The van der Waals surface area contributed by atoms with Crippen molar-refractivity contribution in [2.24, 2.45) is 0 Å². The van der Waals surface area contributed by atoms with Crippen LogP contribution in [0.3, 0.4) is 0 Å². The molecule has 1 fully saturated rings. The van der Waals surface area contributed by atoms with Crippen LogP contribution in [-0.2, 0) is 26.2 Å². The first-order valence-electron chi connectivity index (χ1n) is 14.1. The molecule has 0 bridgehead atoms. The maximum Gasteiger partial charge on any atom is 0.264 e. The molecule has 0 saturated heterocycles. The van der Waals surface area contributed by atoms with Crippen LogP contribution in [0.25, 0.3) is 0 Å². The van der Waals surface area contributed by atoms with Crippen LogP contribution >= 0.6 is 11.6 Å². The van der Waals surface area contributed by atoms with Crippen LogP contribution in [0, 0.1) is 13.8 Å². The lowest BCUT2D eigenvalue weighted by atomic mass is 10.1. The van der Waals surface area contributed by atoms with E-state index < -0.39 is 28.5 Å². The fourth-order valence-corrected chi connectivity index (χ4v) is 6.69. The highest BCUT2D eigenvalue weighted by Gasteiger charge is 2.34. The molecule has 0 spiro atoms. The Bertz CT molecular complexity index is 1440. The molecule has 3 aromatic rings. The van der Waals surface area contributed by atoms with Gasteiger partial charge in [0.15, 0.2) is 0 Å². The highest BCUT2D eigenvalue weighted by Crippen LogP contribution is 2.27. The first-order chi connectivity index (χ1) is 19.6. The number of benzene rings is 3. The maximum atomic E-state index is 14.2. The summed E-state index contributed by atoms with van der Waals surface area (Å²) in [4.78, 5) is 29.3. The molecule has 2 amide bonds. The molecule has 7 nitrogen and oxygen atoms in total. The normalized spacial score (nSPS) is 14.4. The third-order valence-electron chi connectivity index (χ3n) is 7.56. The van der Waals surface area contributed by atoms with Gasteiger partial charge in [-0.25, -0.2) is 8.42 Å². The predicted octanol–water partition coefficient (Wildman–Crippen LogP) is 6.02. The summed E-state index contributed by atoms with van der Waals surface area (Å²) in [6, 6.07) is 20.0. The second-order valence-electron chi connectivity index (χ2n) is 10.7. The average Bonchev–Trinajstić information content (AvgIpc) is 3.46. The minimum absolute atomic E-state index is 0.0713. The zero-order valence-electron chi connectivity index (χ0n) is 23.8. The maximum absolute atomic E-state index is 14.2. The number of amides is 2. The monoisotopic (exact) mass is 595 g/mol. The molecular weight excluding hydrogens is 558 g/mol. The van der Waals surface area contributed by atoms with Crippen LogP contribution in [0.2, 0.25) is 5.02 Å². The summed E-state index contributed by atoms with van der Waals surface area (Å²) < 4.78 is 29.0. The highest BCUT2D eigenvalue weighted by molar-refractivity contribution is 7.92. The molecule has 1 aliphatic rings. The lowest BCUT2D eigenvalue weighted by molar-refractivity contribution is -0.140. The van der Waals surface area contributed by atoms with Crippen molar-refractivity contribution in [3.63, 3.8) is 0 Å². The number of hydrogen-bond acceptors (Lipinski definition) is 4. The van der Waals surface area contributed by atoms with Gasteiger partial charge in [-0.3, -0.25) is 13.9 Å². The third kappa shape index (κ3) is 7.68. The zero-order valence-corrected chi connectivity index (χ0v) is 25.4. The SMILES string of the molecule is CC[C@H](C(=O)NC1CCCC1)N(Cc1ccc(C)cc1)C(=O)CN(c1ccc(Cl)cc1)S(=O)(=O)c1ccc(C)cc1. The van der Waals surface area contributed by atoms with Gasteiger partial charge in [0.2, 0.25) is 11.8 Å². The molecule has 9 heteroatoms. The van der Waals surface area contributed by atoms with Gasteiger partial charge in [-0.1, -0.05) is 78.9 Å². The number of halogens is 1. The van der Waals surface area contributed by atoms with Gasteiger partial charge in [-0.05, 0) is 75.1 Å². The van der Waals surface area contributed by atoms with Crippen molar-refractivity contribution in [3.8, 4) is 0 Å². The molecule has 218 valence electrons. The molecule has 1 atom stereocenters. The van der Waals surface area contributed by atoms with E-state index in [9.17, 15) is 18.0 Å². The third-order valence-corrected chi connectivity index (χ3v) is 9.60. The van der Waals surface area contributed by atoms with Crippen LogP contribution < -0.4 is 9.62 Å². The van der Waals surface area contributed by atoms with Gasteiger partial charge in [0.05, 0.1) is 10.6 Å². The number of rotatable bonds is 11. The summed E-state index contributed by atoms with van der Waals surface area (Å²) >= 11 is 6.10. The van der Waals surface area contributed by atoms with Crippen LogP contribution in [0.5, 0.6) is 0 Å². The van der Waals surface area contributed by atoms with Gasteiger partial charge in [-0.15, -0.1) is 0 Å². The molecule has 0 radical (unpaired) electrons. The summed E-state index contributed by atoms with van der Waals surface area (Å²) in [6.07, 6.45) is 4.38. The largest absolute Gasteiger partial charge is 0.352 e. The summed E-state index contributed by atoms with van der Waals surface area (Å²) in [7, 11) is -4.12. The van der Waals surface area contributed by atoms with E-state index in [4.69, 9.17) is 11.6 Å². The molecule has 0 aliphatic heterocycles. The number of carbonyl (C=O) groups excluding carboxylic acids is 2. The Morgan fingerprint density at radius 3 is 2.02 bits per heavy atom. The summed E-state index contributed by atoms with van der Waals surface area (Å²) in [6.45, 7) is 5.43. The molecule has 3 aromatic carbocycles. The van der Waals surface area contributed by atoms with Crippen LogP contribution in [-0.4, -0.2) is 43.8 Å². The molecule has 4 rings (SSSR count). The molecule has 1 saturated carbocycles. The second-order valence-corrected chi connectivity index (χ2v) is 13.0. The van der Waals surface area contributed by atoms with Crippen molar-refractivity contribution in [3.05, 3.63) is 94.5 Å². The Balaban J connectivity index is 1.70. The molecule has 0 unspecified atom stereocenters. The summed E-state index contributed by atoms with van der Waals surface area (Å²) in [5, 5.41) is 3.58. The fourth-order valence-electron chi connectivity index (χ4n) is 5.15. The number of hydrogen-bond donors (Lipinski definition) is 1. The Morgan fingerprint density at radius 2 is 1.46 bits per heavy atom. The highest BCUT2D eigenvalue weighted by atomic mass is 35.5. The van der Waals surface area contributed by atoms with Crippen molar-refractivity contribution in [2.45, 2.75) is 76.4 Å². The number of aryl methyl sites for hydroxylation is 2. The van der Waals surface area contributed by atoms with E-state index in [0.29, 0.717) is 17.1 Å². The van der Waals surface area contributed by atoms with Crippen LogP contribution in [0.1, 0.15) is 55.7 Å². The second kappa shape index (κ2) is 13.5. The molecule has 0 aromatic heterocycles. The van der Waals surface area contributed by atoms with Crippen molar-refractivity contribution in [2.75, 3.05) is 10.8 Å². The molecular formula is C32H38ClN3O4S. The van der Waals surface area contributed by atoms with Gasteiger partial charge in [0, 0.05) is 17.6 Å². The Labute approximate surface area is 248 Å². The van der Waals surface area contributed by atoms with E-state index >= 15 is 0 Å². The van der Waals surface area contributed by atoms with Gasteiger partial charge < -0.3 is 10.2 Å². The minimum Gasteiger partial charge on any atom is -0.352 e. The fraction of sp³-hybridized carbons (Fsp3) is 0.375. The summed E-state index contributed by atoms with van der Waals surface area (Å²) in [5.74, 6) is -0.677. The Morgan fingerprint density at radius 1 is 0.902 bits per heavy atom. The van der Waals surface area contributed by atoms with Gasteiger partial charge in [0.1, 0.15) is 12.6 Å². The van der Waals surface area contributed by atoms with E-state index in [0.717, 1.165) is 46.7 Å². The molecule has 1 aliphatic carbocycles. The average molecular weight is 596 g/mol. The smallest absolute Gasteiger partial charge is 0.264 e. The first kappa shape index (κ1) is 30.6. The Kier molecular flexibility index (Phi) is 10.1. The summed E-state index contributed by atoms with van der Waals surface area (Å²) in [5.41, 5.74) is 3.16. The zero-order chi connectivity index (χ0) is 29.6. The van der Waals surface area contributed by atoms with E-state index in [1.165, 1.54) is 17.0 Å². The number of sulfonamides is 1. The van der Waals surface area contributed by atoms with Gasteiger partial charge in [-0.2, -0.15) is 0 Å². The molecule has 0 heterocycles. The first-order valence-corrected chi connectivity index (χ1v) is 15.9. The predicted molar refractivity (Wildman–Crippen MR) is 163 cm³/mol. The van der Waals surface area contributed by atoms with E-state index in [1.54, 1.807) is 36.4 Å². The van der Waals surface area contributed by atoms with E-state index in [2.05, 4.69) is 5.32 Å². The number of carbonyl (C=O) groups is 2. The van der Waals surface area contributed by atoms with Gasteiger partial charge in [0.25, 0.3) is 10.0 Å². The van der Waals surface area contributed by atoms with Gasteiger partial charge >= 0.3 is 0 Å². The quantitative estimate of drug-likeness (QED) is 0.294. The lowest BCUT2D eigenvalue weighted by Gasteiger charge is -2.33. The van der Waals surface area contributed by atoms with Crippen molar-refractivity contribution < 1.29 is 18.0 Å². The number of nitrogens with one attached hydrogen (secondary N) is 1. The van der Waals surface area contributed by atoms with E-state index in [-0.39, 0.29) is 23.4 Å². The standard InChI is InChI=1S/C32H38ClN3O4S/c1-4-30(32(38)34-27-7-5-6-8-27)35(21-25-13-9-23(2)10-14-25)31(37)22-36(28-17-15-26(33)16-18-28)41(39,40)29-19-11-24(3)12-20-29/h9-20,27,30H,4-8,21-22H2,1-3H3,(H,34,38)/t30-/m1/s1.